The molecule has 1 aliphatic rings. The molecule has 33 heavy (non-hydrogen) atoms. The highest BCUT2D eigenvalue weighted by atomic mass is 32.2. The molecule has 3 aromatic carbocycles. The molecule has 3 aromatic rings. The zero-order valence-electron chi connectivity index (χ0n) is 17.3. The van der Waals surface area contributed by atoms with E-state index in [4.69, 9.17) is 4.18 Å². The van der Waals surface area contributed by atoms with Gasteiger partial charge in [-0.2, -0.15) is 8.42 Å². The van der Waals surface area contributed by atoms with Gasteiger partial charge >= 0.3 is 16.1 Å². The Morgan fingerprint density at radius 3 is 2.45 bits per heavy atom. The first-order chi connectivity index (χ1) is 15.8. The highest BCUT2D eigenvalue weighted by molar-refractivity contribution is 8.18. The number of esters is 1. The number of rotatable bonds is 6. The molecule has 0 atom stereocenters. The summed E-state index contributed by atoms with van der Waals surface area (Å²) >= 11 is 0.639. The van der Waals surface area contributed by atoms with Crippen molar-refractivity contribution in [1.29, 1.82) is 0 Å². The average molecular weight is 484 g/mol. The van der Waals surface area contributed by atoms with Crippen LogP contribution in [0.1, 0.15) is 5.56 Å². The summed E-state index contributed by atoms with van der Waals surface area (Å²) in [5.74, 6) is -1.42. The van der Waals surface area contributed by atoms with Gasteiger partial charge < -0.3 is 8.92 Å². The second kappa shape index (κ2) is 9.08. The lowest BCUT2D eigenvalue weighted by atomic mass is 10.1. The quantitative estimate of drug-likeness (QED) is 0.296. The molecule has 0 aromatic heterocycles. The fourth-order valence-corrected chi connectivity index (χ4v) is 4.96. The van der Waals surface area contributed by atoms with E-state index in [9.17, 15) is 22.8 Å². The van der Waals surface area contributed by atoms with Crippen molar-refractivity contribution < 1.29 is 31.7 Å². The monoisotopic (exact) mass is 483 g/mol. The van der Waals surface area contributed by atoms with Crippen LogP contribution in [0.3, 0.4) is 0 Å². The molecule has 1 saturated heterocycles. The van der Waals surface area contributed by atoms with E-state index in [1.165, 1.54) is 24.3 Å². The molecule has 0 unspecified atom stereocenters. The predicted molar refractivity (Wildman–Crippen MR) is 123 cm³/mol. The van der Waals surface area contributed by atoms with E-state index in [0.717, 1.165) is 22.8 Å². The summed E-state index contributed by atoms with van der Waals surface area (Å²) in [6, 6.07) is 18.2. The molecule has 4 rings (SSSR count). The number of amides is 2. The van der Waals surface area contributed by atoms with Crippen molar-refractivity contribution in [3.05, 3.63) is 77.2 Å². The topological polar surface area (TPSA) is 107 Å². The van der Waals surface area contributed by atoms with E-state index in [1.54, 1.807) is 30.3 Å². The Kier molecular flexibility index (Phi) is 6.21. The summed E-state index contributed by atoms with van der Waals surface area (Å²) in [6.07, 6.45) is 1.35. The Morgan fingerprint density at radius 2 is 1.70 bits per heavy atom. The van der Waals surface area contributed by atoms with Gasteiger partial charge in [0.2, 0.25) is 0 Å². The van der Waals surface area contributed by atoms with Crippen LogP contribution < -0.4 is 4.18 Å². The number of thioether (sulfide) groups is 1. The van der Waals surface area contributed by atoms with Crippen LogP contribution in [0.25, 0.3) is 16.8 Å². The van der Waals surface area contributed by atoms with Crippen LogP contribution in [-0.4, -0.2) is 44.1 Å². The Bertz CT molecular complexity index is 1410. The van der Waals surface area contributed by atoms with Crippen molar-refractivity contribution in [1.82, 2.24) is 4.90 Å². The van der Waals surface area contributed by atoms with E-state index in [2.05, 4.69) is 4.74 Å². The summed E-state index contributed by atoms with van der Waals surface area (Å²) in [7, 11) is -3.02. The second-order valence-electron chi connectivity index (χ2n) is 6.93. The van der Waals surface area contributed by atoms with E-state index in [-0.39, 0.29) is 21.1 Å². The van der Waals surface area contributed by atoms with Crippen LogP contribution in [0.5, 0.6) is 5.75 Å². The average Bonchev–Trinajstić information content (AvgIpc) is 3.07. The summed E-state index contributed by atoms with van der Waals surface area (Å²) in [4.78, 5) is 36.9. The minimum absolute atomic E-state index is 0.00887. The maximum atomic E-state index is 12.9. The first kappa shape index (κ1) is 22.6. The fraction of sp³-hybridized carbons (Fsp3) is 0.0870. The first-order valence-electron chi connectivity index (χ1n) is 9.63. The van der Waals surface area contributed by atoms with Crippen molar-refractivity contribution in [3.63, 3.8) is 0 Å². The Balaban J connectivity index is 1.63. The molecule has 8 nitrogen and oxygen atoms in total. The lowest BCUT2D eigenvalue weighted by Crippen LogP contribution is -2.34. The van der Waals surface area contributed by atoms with Gasteiger partial charge in [0.25, 0.3) is 11.1 Å². The number of benzene rings is 3. The first-order valence-corrected chi connectivity index (χ1v) is 11.9. The molecule has 0 saturated carbocycles. The molecule has 0 aliphatic carbocycles. The summed E-state index contributed by atoms with van der Waals surface area (Å²) in [6.45, 7) is -0.507. The predicted octanol–water partition coefficient (Wildman–Crippen LogP) is 3.82. The molecule has 0 N–H and O–H groups in total. The maximum Gasteiger partial charge on any atom is 0.339 e. The van der Waals surface area contributed by atoms with E-state index in [0.29, 0.717) is 11.8 Å². The van der Waals surface area contributed by atoms with Crippen LogP contribution in [0.4, 0.5) is 4.79 Å². The molecule has 1 aliphatic heterocycles. The zero-order chi connectivity index (χ0) is 23.6. The number of hydrogen-bond donors (Lipinski definition) is 0. The van der Waals surface area contributed by atoms with Crippen LogP contribution in [0.15, 0.2) is 76.5 Å². The van der Waals surface area contributed by atoms with Gasteiger partial charge in [-0.15, -0.1) is 0 Å². The number of carbonyl (C=O) groups is 3. The number of fused-ring (bicyclic) bond motifs is 1. The largest absolute Gasteiger partial charge is 0.468 e. The number of hydrogen-bond acceptors (Lipinski definition) is 8. The minimum atomic E-state index is -4.17. The smallest absolute Gasteiger partial charge is 0.339 e. The van der Waals surface area contributed by atoms with Crippen molar-refractivity contribution in [2.24, 2.45) is 0 Å². The van der Waals surface area contributed by atoms with Crippen LogP contribution in [0.2, 0.25) is 0 Å². The van der Waals surface area contributed by atoms with Crippen molar-refractivity contribution in [2.75, 3.05) is 13.7 Å². The number of imide groups is 1. The summed E-state index contributed by atoms with van der Waals surface area (Å²) < 4.78 is 35.7. The third-order valence-electron chi connectivity index (χ3n) is 4.80. The molecule has 0 bridgehead atoms. The zero-order valence-corrected chi connectivity index (χ0v) is 18.9. The fourth-order valence-electron chi connectivity index (χ4n) is 3.14. The van der Waals surface area contributed by atoms with Gasteiger partial charge in [-0.25, -0.2) is 0 Å². The second-order valence-corrected chi connectivity index (χ2v) is 9.47. The standard InChI is InChI=1S/C23H17NO7S2/c1-30-21(25)14-24-22(26)20(32-23(24)27)13-17-8-4-5-9-19(17)31-33(28,29)18-11-10-15-6-2-3-7-16(15)12-18/h2-13H,14H2,1H3/b20-13-. The summed E-state index contributed by atoms with van der Waals surface area (Å²) in [5, 5.41) is 1.01. The maximum absolute atomic E-state index is 12.9. The van der Waals surface area contributed by atoms with Gasteiger partial charge in [-0.3, -0.25) is 19.3 Å². The molecule has 1 fully saturated rings. The van der Waals surface area contributed by atoms with Gasteiger partial charge in [-0.1, -0.05) is 48.5 Å². The van der Waals surface area contributed by atoms with Gasteiger partial charge in [-0.05, 0) is 46.8 Å². The number of nitrogens with zero attached hydrogens (tertiary/aromatic N) is 1. The van der Waals surface area contributed by atoms with E-state index in [1.807, 2.05) is 18.2 Å². The highest BCUT2D eigenvalue weighted by Crippen LogP contribution is 2.34. The molecule has 1 heterocycles. The normalized spacial score (nSPS) is 15.3. The van der Waals surface area contributed by atoms with Crippen LogP contribution >= 0.6 is 11.8 Å². The lowest BCUT2D eigenvalue weighted by Gasteiger charge is -2.11. The molecule has 0 spiro atoms. The molecular weight excluding hydrogens is 466 g/mol. The Morgan fingerprint density at radius 1 is 1.00 bits per heavy atom. The van der Waals surface area contributed by atoms with Gasteiger partial charge in [0.05, 0.1) is 12.0 Å². The van der Waals surface area contributed by atoms with Crippen molar-refractivity contribution in [2.45, 2.75) is 4.90 Å². The van der Waals surface area contributed by atoms with Gasteiger partial charge in [0.15, 0.2) is 0 Å². The molecular formula is C23H17NO7S2. The molecule has 10 heteroatoms. The third kappa shape index (κ3) is 4.76. The van der Waals surface area contributed by atoms with Gasteiger partial charge in [0, 0.05) is 5.56 Å². The highest BCUT2D eigenvalue weighted by Gasteiger charge is 2.36. The number of para-hydroxylation sites is 1. The number of carbonyl (C=O) groups excluding carboxylic acids is 3. The minimum Gasteiger partial charge on any atom is -0.468 e. The molecule has 2 amide bonds. The SMILES string of the molecule is COC(=O)CN1C(=O)S/C(=C\c2ccccc2OS(=O)(=O)c2ccc3ccccc3c2)C1=O. The summed E-state index contributed by atoms with van der Waals surface area (Å²) in [5.41, 5.74) is 0.283. The molecule has 168 valence electrons. The Labute approximate surface area is 193 Å². The van der Waals surface area contributed by atoms with Crippen molar-refractivity contribution >= 4 is 55.8 Å². The van der Waals surface area contributed by atoms with Gasteiger partial charge in [0.1, 0.15) is 17.2 Å². The van der Waals surface area contributed by atoms with Crippen LogP contribution in [0, 0.1) is 0 Å². The van der Waals surface area contributed by atoms with E-state index < -0.39 is 33.8 Å². The number of methoxy groups -OCH3 is 1. The third-order valence-corrected chi connectivity index (χ3v) is 6.94. The van der Waals surface area contributed by atoms with Crippen molar-refractivity contribution in [3.8, 4) is 5.75 Å². The Hall–Kier alpha value is -3.63. The van der Waals surface area contributed by atoms with E-state index >= 15 is 0 Å². The van der Waals surface area contributed by atoms with Crippen LogP contribution in [-0.2, 0) is 24.4 Å². The molecule has 0 radical (unpaired) electrons. The number of ether oxygens (including phenoxy) is 1. The lowest BCUT2D eigenvalue weighted by molar-refractivity contribution is -0.143.